The summed E-state index contributed by atoms with van der Waals surface area (Å²) in [7, 11) is 0. The molecule has 5 nitrogen and oxygen atoms in total. The normalized spacial score (nSPS) is 46.9. The fourth-order valence-corrected chi connectivity index (χ4v) is 1.08. The molecule has 1 aliphatic rings. The van der Waals surface area contributed by atoms with Crippen molar-refractivity contribution in [3.05, 3.63) is 0 Å². The van der Waals surface area contributed by atoms with E-state index in [9.17, 15) is 0 Å². The smallest absolute Gasteiger partial charge is 0.110 e. The molecule has 1 heterocycles. The highest BCUT2D eigenvalue weighted by molar-refractivity contribution is 4.86. The van der Waals surface area contributed by atoms with Crippen molar-refractivity contribution < 1.29 is 20.4 Å². The third kappa shape index (κ3) is 1.88. The SMILES string of the molecule is O[C@@H]1[C@H](O)[C@@H](O)CNC[C@@H]1O. The third-order valence-corrected chi connectivity index (χ3v) is 1.85. The molecule has 0 bridgehead atoms. The second kappa shape index (κ2) is 3.46. The van der Waals surface area contributed by atoms with Crippen LogP contribution in [0.15, 0.2) is 0 Å². The van der Waals surface area contributed by atoms with E-state index in [-0.39, 0.29) is 13.1 Å². The van der Waals surface area contributed by atoms with E-state index < -0.39 is 24.4 Å². The quantitative estimate of drug-likeness (QED) is 0.263. The summed E-state index contributed by atoms with van der Waals surface area (Å²) in [5.74, 6) is 0. The van der Waals surface area contributed by atoms with Crippen molar-refractivity contribution in [2.75, 3.05) is 13.1 Å². The Bertz CT molecular complexity index is 118. The lowest BCUT2D eigenvalue weighted by molar-refractivity contribution is -0.0894. The fraction of sp³-hybridized carbons (Fsp3) is 1.00. The van der Waals surface area contributed by atoms with Gasteiger partial charge in [-0.1, -0.05) is 0 Å². The summed E-state index contributed by atoms with van der Waals surface area (Å²) in [6.07, 6.45) is -4.55. The van der Waals surface area contributed by atoms with Gasteiger partial charge in [-0.2, -0.15) is 0 Å². The van der Waals surface area contributed by atoms with Gasteiger partial charge in [0.25, 0.3) is 0 Å². The fourth-order valence-electron chi connectivity index (χ4n) is 1.08. The van der Waals surface area contributed by atoms with Gasteiger partial charge < -0.3 is 25.7 Å². The minimum atomic E-state index is -1.26. The van der Waals surface area contributed by atoms with Gasteiger partial charge in [-0.05, 0) is 0 Å². The van der Waals surface area contributed by atoms with Gasteiger partial charge in [0, 0.05) is 13.1 Å². The van der Waals surface area contributed by atoms with Crippen molar-refractivity contribution in [3.63, 3.8) is 0 Å². The number of aliphatic hydroxyl groups excluding tert-OH is 4. The molecule has 5 heteroatoms. The minimum Gasteiger partial charge on any atom is -0.389 e. The maximum atomic E-state index is 9.10. The number of hydrogen-bond donors (Lipinski definition) is 5. The van der Waals surface area contributed by atoms with Gasteiger partial charge in [0.05, 0.1) is 12.2 Å². The van der Waals surface area contributed by atoms with Crippen LogP contribution in [0.4, 0.5) is 0 Å². The molecular weight excluding hydrogens is 150 g/mol. The highest BCUT2D eigenvalue weighted by atomic mass is 16.4. The van der Waals surface area contributed by atoms with Crippen LogP contribution in [-0.4, -0.2) is 57.9 Å². The highest BCUT2D eigenvalue weighted by Gasteiger charge is 2.32. The Hall–Kier alpha value is -0.200. The van der Waals surface area contributed by atoms with E-state index in [1.165, 1.54) is 0 Å². The summed E-state index contributed by atoms with van der Waals surface area (Å²) in [4.78, 5) is 0. The van der Waals surface area contributed by atoms with Gasteiger partial charge in [0.15, 0.2) is 0 Å². The lowest BCUT2D eigenvalue weighted by Crippen LogP contribution is -2.43. The maximum Gasteiger partial charge on any atom is 0.110 e. The summed E-state index contributed by atoms with van der Waals surface area (Å²) in [5, 5.41) is 39.0. The predicted octanol–water partition coefficient (Wildman–Crippen LogP) is -2.97. The summed E-state index contributed by atoms with van der Waals surface area (Å²) < 4.78 is 0. The molecule has 1 saturated heterocycles. The molecule has 0 aliphatic carbocycles. The zero-order chi connectivity index (χ0) is 8.43. The molecule has 1 aliphatic heterocycles. The average molecular weight is 163 g/mol. The molecule has 0 spiro atoms. The molecule has 1 rings (SSSR count). The van der Waals surface area contributed by atoms with Crippen LogP contribution in [0, 0.1) is 0 Å². The van der Waals surface area contributed by atoms with E-state index in [1.807, 2.05) is 0 Å². The number of hydrogen-bond acceptors (Lipinski definition) is 5. The molecule has 0 saturated carbocycles. The molecule has 0 aromatic heterocycles. The first-order valence-electron chi connectivity index (χ1n) is 3.56. The van der Waals surface area contributed by atoms with E-state index >= 15 is 0 Å². The van der Waals surface area contributed by atoms with Crippen molar-refractivity contribution in [2.24, 2.45) is 0 Å². The molecule has 4 atom stereocenters. The van der Waals surface area contributed by atoms with Gasteiger partial charge in [-0.15, -0.1) is 0 Å². The van der Waals surface area contributed by atoms with Crippen LogP contribution in [0.3, 0.4) is 0 Å². The van der Waals surface area contributed by atoms with Crippen LogP contribution in [0.5, 0.6) is 0 Å². The summed E-state index contributed by atoms with van der Waals surface area (Å²) in [5.41, 5.74) is 0. The Balaban J connectivity index is 2.58. The predicted molar refractivity (Wildman–Crippen MR) is 36.9 cm³/mol. The number of aliphatic hydroxyl groups is 4. The molecule has 0 aromatic carbocycles. The summed E-state index contributed by atoms with van der Waals surface area (Å²) >= 11 is 0. The molecule has 1 fully saturated rings. The molecule has 0 aromatic rings. The molecule has 0 unspecified atom stereocenters. The standard InChI is InChI=1S/C6H13NO4/c8-3-1-7-2-4(9)6(11)5(3)10/h3-11H,1-2H2/t3-,4-,5-,6+/m0/s1. The topological polar surface area (TPSA) is 93.0 Å². The summed E-state index contributed by atoms with van der Waals surface area (Å²) in [6, 6.07) is 0. The average Bonchev–Trinajstić information content (AvgIpc) is 2.07. The van der Waals surface area contributed by atoms with Gasteiger partial charge in [-0.25, -0.2) is 0 Å². The van der Waals surface area contributed by atoms with Crippen LogP contribution >= 0.6 is 0 Å². The number of nitrogens with one attached hydrogen (secondary N) is 1. The summed E-state index contributed by atoms with van der Waals surface area (Å²) in [6.45, 7) is 0.380. The van der Waals surface area contributed by atoms with Gasteiger partial charge in [-0.3, -0.25) is 0 Å². The van der Waals surface area contributed by atoms with Crippen LogP contribution in [0.2, 0.25) is 0 Å². The molecule has 0 amide bonds. The van der Waals surface area contributed by atoms with Gasteiger partial charge >= 0.3 is 0 Å². The van der Waals surface area contributed by atoms with Gasteiger partial charge in [0.1, 0.15) is 12.2 Å². The second-order valence-electron chi connectivity index (χ2n) is 2.77. The molecule has 5 N–H and O–H groups in total. The van der Waals surface area contributed by atoms with E-state index in [4.69, 9.17) is 20.4 Å². The Labute approximate surface area is 64.3 Å². The van der Waals surface area contributed by atoms with Crippen molar-refractivity contribution in [1.82, 2.24) is 5.32 Å². The van der Waals surface area contributed by atoms with Crippen LogP contribution in [0.1, 0.15) is 0 Å². The van der Waals surface area contributed by atoms with Crippen molar-refractivity contribution in [2.45, 2.75) is 24.4 Å². The zero-order valence-electron chi connectivity index (χ0n) is 6.01. The molecule has 66 valence electrons. The van der Waals surface area contributed by atoms with Crippen molar-refractivity contribution in [1.29, 1.82) is 0 Å². The number of rotatable bonds is 0. The first-order chi connectivity index (χ1) is 5.13. The first-order valence-corrected chi connectivity index (χ1v) is 3.56. The van der Waals surface area contributed by atoms with E-state index in [0.717, 1.165) is 0 Å². The minimum absolute atomic E-state index is 0.190. The Morgan fingerprint density at radius 3 is 1.55 bits per heavy atom. The van der Waals surface area contributed by atoms with Crippen LogP contribution in [-0.2, 0) is 0 Å². The van der Waals surface area contributed by atoms with E-state index in [2.05, 4.69) is 5.32 Å². The van der Waals surface area contributed by atoms with Crippen molar-refractivity contribution >= 4 is 0 Å². The lowest BCUT2D eigenvalue weighted by atomic mass is 10.1. The zero-order valence-corrected chi connectivity index (χ0v) is 6.01. The Kier molecular flexibility index (Phi) is 2.80. The third-order valence-electron chi connectivity index (χ3n) is 1.85. The maximum absolute atomic E-state index is 9.10. The lowest BCUT2D eigenvalue weighted by Gasteiger charge is -2.21. The van der Waals surface area contributed by atoms with Crippen LogP contribution < -0.4 is 5.32 Å². The largest absolute Gasteiger partial charge is 0.389 e. The van der Waals surface area contributed by atoms with Gasteiger partial charge in [0.2, 0.25) is 0 Å². The van der Waals surface area contributed by atoms with Crippen molar-refractivity contribution in [3.8, 4) is 0 Å². The second-order valence-corrected chi connectivity index (χ2v) is 2.77. The Morgan fingerprint density at radius 1 is 0.818 bits per heavy atom. The molecule has 0 radical (unpaired) electrons. The number of β-amino-alcohol motifs (C(OH)–C–C–N with tert-alkyl or cyclic N) is 2. The molecule has 11 heavy (non-hydrogen) atoms. The first kappa shape index (κ1) is 8.89. The van der Waals surface area contributed by atoms with E-state index in [0.29, 0.717) is 0 Å². The Morgan fingerprint density at radius 2 is 1.18 bits per heavy atom. The van der Waals surface area contributed by atoms with Crippen LogP contribution in [0.25, 0.3) is 0 Å². The van der Waals surface area contributed by atoms with E-state index in [1.54, 1.807) is 0 Å². The molecular formula is C6H13NO4. The highest BCUT2D eigenvalue weighted by Crippen LogP contribution is 2.07. The monoisotopic (exact) mass is 163 g/mol.